The molecule has 0 saturated carbocycles. The van der Waals surface area contributed by atoms with Gasteiger partial charge >= 0.3 is 0 Å². The van der Waals surface area contributed by atoms with E-state index in [2.05, 4.69) is 34.6 Å². The Balaban J connectivity index is 1.69. The Bertz CT molecular complexity index is 1050. The number of benzene rings is 2. The van der Waals surface area contributed by atoms with Gasteiger partial charge in [0.2, 0.25) is 0 Å². The van der Waals surface area contributed by atoms with Gasteiger partial charge in [-0.25, -0.2) is 0 Å². The molecule has 0 atom stereocenters. The molecule has 0 bridgehead atoms. The van der Waals surface area contributed by atoms with Crippen LogP contribution in [0.3, 0.4) is 0 Å². The topological polar surface area (TPSA) is 55.5 Å². The highest BCUT2D eigenvalue weighted by atomic mass is 16.5. The van der Waals surface area contributed by atoms with Crippen LogP contribution in [-0.4, -0.2) is 45.5 Å². The van der Waals surface area contributed by atoms with E-state index in [1.807, 2.05) is 12.1 Å². The summed E-state index contributed by atoms with van der Waals surface area (Å²) in [5.41, 5.74) is 6.27. The number of ether oxygens (including phenoxy) is 3. The van der Waals surface area contributed by atoms with Gasteiger partial charge in [-0.2, -0.15) is 0 Å². The molecule has 2 aromatic carbocycles. The molecule has 1 aromatic heterocycles. The zero-order valence-electron chi connectivity index (χ0n) is 18.5. The molecule has 3 aromatic rings. The Morgan fingerprint density at radius 1 is 0.903 bits per heavy atom. The zero-order valence-corrected chi connectivity index (χ0v) is 18.5. The fourth-order valence-corrected chi connectivity index (χ4v) is 5.35. The third kappa shape index (κ3) is 3.81. The molecule has 0 spiro atoms. The summed E-state index contributed by atoms with van der Waals surface area (Å²) >= 11 is 0. The zero-order chi connectivity index (χ0) is 21.2. The summed E-state index contributed by atoms with van der Waals surface area (Å²) in [5, 5.41) is 4.84. The SMILES string of the molecule is COc1cccc(-c2[nH]c3ccc(C4CCNCC4)cc3c2C2CCOCC2)c1OC. The first-order valence-electron chi connectivity index (χ1n) is 11.5. The molecular formula is C26H32N2O3. The summed E-state index contributed by atoms with van der Waals surface area (Å²) < 4.78 is 17.1. The second-order valence-electron chi connectivity index (χ2n) is 8.67. The average Bonchev–Trinajstić information content (AvgIpc) is 3.23. The molecule has 2 saturated heterocycles. The third-order valence-electron chi connectivity index (χ3n) is 6.98. The minimum Gasteiger partial charge on any atom is -0.493 e. The predicted molar refractivity (Wildman–Crippen MR) is 124 cm³/mol. The van der Waals surface area contributed by atoms with E-state index in [0.717, 1.165) is 61.9 Å². The first kappa shape index (κ1) is 20.4. The van der Waals surface area contributed by atoms with Gasteiger partial charge in [-0.3, -0.25) is 0 Å². The van der Waals surface area contributed by atoms with E-state index in [0.29, 0.717) is 11.8 Å². The van der Waals surface area contributed by atoms with Gasteiger partial charge in [0.05, 0.1) is 19.9 Å². The molecule has 5 nitrogen and oxygen atoms in total. The van der Waals surface area contributed by atoms with Gasteiger partial charge in [-0.15, -0.1) is 0 Å². The van der Waals surface area contributed by atoms with Crippen molar-refractivity contribution < 1.29 is 14.2 Å². The van der Waals surface area contributed by atoms with Gasteiger partial charge in [-0.1, -0.05) is 12.1 Å². The minimum absolute atomic E-state index is 0.469. The van der Waals surface area contributed by atoms with Crippen LogP contribution in [0.5, 0.6) is 11.5 Å². The lowest BCUT2D eigenvalue weighted by atomic mass is 9.85. The van der Waals surface area contributed by atoms with Crippen LogP contribution in [0.4, 0.5) is 0 Å². The summed E-state index contributed by atoms with van der Waals surface area (Å²) in [7, 11) is 3.41. The number of methoxy groups -OCH3 is 2. The summed E-state index contributed by atoms with van der Waals surface area (Å²) in [6.45, 7) is 3.85. The Morgan fingerprint density at radius 2 is 1.71 bits per heavy atom. The van der Waals surface area contributed by atoms with Crippen LogP contribution in [0.1, 0.15) is 48.6 Å². The van der Waals surface area contributed by atoms with E-state index >= 15 is 0 Å². The Labute approximate surface area is 184 Å². The number of piperidine rings is 1. The molecule has 2 aliphatic rings. The summed E-state index contributed by atoms with van der Waals surface area (Å²) in [4.78, 5) is 3.75. The maximum Gasteiger partial charge on any atom is 0.170 e. The number of nitrogens with one attached hydrogen (secondary N) is 2. The van der Waals surface area contributed by atoms with Crippen LogP contribution in [0.15, 0.2) is 36.4 Å². The molecule has 0 radical (unpaired) electrons. The smallest absolute Gasteiger partial charge is 0.170 e. The number of H-pyrrole nitrogens is 1. The molecule has 2 aliphatic heterocycles. The molecule has 0 unspecified atom stereocenters. The quantitative estimate of drug-likeness (QED) is 0.595. The van der Waals surface area contributed by atoms with E-state index in [-0.39, 0.29) is 0 Å². The summed E-state index contributed by atoms with van der Waals surface area (Å²) in [6, 6.07) is 13.1. The van der Waals surface area contributed by atoms with E-state index in [4.69, 9.17) is 14.2 Å². The maximum absolute atomic E-state index is 5.80. The van der Waals surface area contributed by atoms with Crippen molar-refractivity contribution >= 4 is 10.9 Å². The summed E-state index contributed by atoms with van der Waals surface area (Å²) in [5.74, 6) is 2.64. The van der Waals surface area contributed by atoms with Gasteiger partial charge < -0.3 is 24.5 Å². The van der Waals surface area contributed by atoms with E-state index in [9.17, 15) is 0 Å². The third-order valence-corrected chi connectivity index (χ3v) is 6.98. The number of hydrogen-bond acceptors (Lipinski definition) is 4. The second kappa shape index (κ2) is 8.93. The normalized spacial score (nSPS) is 18.4. The Hall–Kier alpha value is -2.50. The molecule has 0 aliphatic carbocycles. The molecule has 164 valence electrons. The number of aromatic nitrogens is 1. The number of fused-ring (bicyclic) bond motifs is 1. The second-order valence-corrected chi connectivity index (χ2v) is 8.67. The minimum atomic E-state index is 0.469. The van der Waals surface area contributed by atoms with Crippen molar-refractivity contribution in [1.29, 1.82) is 0 Å². The van der Waals surface area contributed by atoms with Crippen molar-refractivity contribution in [3.8, 4) is 22.8 Å². The molecule has 5 heteroatoms. The van der Waals surface area contributed by atoms with Crippen LogP contribution in [0.25, 0.3) is 22.2 Å². The number of rotatable bonds is 5. The van der Waals surface area contributed by atoms with Crippen molar-refractivity contribution in [2.75, 3.05) is 40.5 Å². The molecule has 0 amide bonds. The van der Waals surface area contributed by atoms with Crippen LogP contribution in [0.2, 0.25) is 0 Å². The molecule has 2 fully saturated rings. The summed E-state index contributed by atoms with van der Waals surface area (Å²) in [6.07, 6.45) is 4.51. The van der Waals surface area contributed by atoms with Crippen molar-refractivity contribution in [3.05, 3.63) is 47.5 Å². The Morgan fingerprint density at radius 3 is 2.45 bits per heavy atom. The molecular weight excluding hydrogens is 388 g/mol. The van der Waals surface area contributed by atoms with Gasteiger partial charge in [0.15, 0.2) is 11.5 Å². The number of hydrogen-bond donors (Lipinski definition) is 2. The van der Waals surface area contributed by atoms with Crippen molar-refractivity contribution in [2.24, 2.45) is 0 Å². The molecule has 31 heavy (non-hydrogen) atoms. The highest BCUT2D eigenvalue weighted by molar-refractivity contribution is 5.93. The predicted octanol–water partition coefficient (Wildman–Crippen LogP) is 5.21. The van der Waals surface area contributed by atoms with Gasteiger partial charge in [0.1, 0.15) is 0 Å². The number of para-hydroxylation sites is 1. The van der Waals surface area contributed by atoms with Gasteiger partial charge in [0.25, 0.3) is 0 Å². The van der Waals surface area contributed by atoms with Crippen LogP contribution in [-0.2, 0) is 4.74 Å². The standard InChI is InChI=1S/C26H32N2O3/c1-29-23-5-3-4-20(26(23)30-2)25-24(18-10-14-31-15-11-18)21-16-19(6-7-22(21)28-25)17-8-12-27-13-9-17/h3-7,16-18,27-28H,8-15H2,1-2H3. The first-order valence-corrected chi connectivity index (χ1v) is 11.5. The highest BCUT2D eigenvalue weighted by Crippen LogP contribution is 2.45. The van der Waals surface area contributed by atoms with Crippen molar-refractivity contribution in [3.63, 3.8) is 0 Å². The van der Waals surface area contributed by atoms with Gasteiger partial charge in [-0.05, 0) is 86.0 Å². The molecule has 2 N–H and O–H groups in total. The fourth-order valence-electron chi connectivity index (χ4n) is 5.35. The van der Waals surface area contributed by atoms with Gasteiger partial charge in [0, 0.05) is 29.7 Å². The lowest BCUT2D eigenvalue weighted by molar-refractivity contribution is 0.0857. The maximum atomic E-state index is 5.80. The number of aromatic amines is 1. The first-order chi connectivity index (χ1) is 15.3. The largest absolute Gasteiger partial charge is 0.493 e. The fraction of sp³-hybridized carbons (Fsp3) is 0.462. The van der Waals surface area contributed by atoms with Crippen LogP contribution in [0, 0.1) is 0 Å². The highest BCUT2D eigenvalue weighted by Gasteiger charge is 2.27. The average molecular weight is 421 g/mol. The lowest BCUT2D eigenvalue weighted by Gasteiger charge is -2.25. The van der Waals surface area contributed by atoms with Crippen molar-refractivity contribution in [2.45, 2.75) is 37.5 Å². The Kier molecular flexibility index (Phi) is 5.88. The van der Waals surface area contributed by atoms with E-state index in [1.165, 1.54) is 34.9 Å². The molecule has 5 rings (SSSR count). The van der Waals surface area contributed by atoms with E-state index in [1.54, 1.807) is 14.2 Å². The van der Waals surface area contributed by atoms with Crippen molar-refractivity contribution in [1.82, 2.24) is 10.3 Å². The lowest BCUT2D eigenvalue weighted by Crippen LogP contribution is -2.26. The van der Waals surface area contributed by atoms with E-state index < -0.39 is 0 Å². The monoisotopic (exact) mass is 420 g/mol. The van der Waals surface area contributed by atoms with Crippen LogP contribution < -0.4 is 14.8 Å². The van der Waals surface area contributed by atoms with Crippen LogP contribution >= 0.6 is 0 Å². The molecule has 3 heterocycles.